The van der Waals surface area contributed by atoms with Crippen LogP contribution in [0.1, 0.15) is 28.0 Å². The molecule has 1 fully saturated rings. The number of hydrogen-bond acceptors (Lipinski definition) is 6. The number of benzene rings is 1. The molecule has 3 N–H and O–H groups in total. The predicted molar refractivity (Wildman–Crippen MR) is 109 cm³/mol. The zero-order chi connectivity index (χ0) is 22.2. The van der Waals surface area contributed by atoms with Crippen molar-refractivity contribution in [2.75, 3.05) is 24.3 Å². The van der Waals surface area contributed by atoms with E-state index in [1.165, 1.54) is 30.0 Å². The Hall–Kier alpha value is -2.66. The standard InChI is InChI=1S/C20H18F4N4O2S/c21-14-3-2-11(27-18(29)16-4-1-10(6-26-16)17(23)24)5-12(14)20-9-30-7-15(22)13(20)8-31-19(25)28-20/h1-6,13,15,17H,7-9H2,(H2,25,28)(H,27,29)/t13-,15-,20-/m1/s1. The molecule has 1 aromatic carbocycles. The molecule has 2 aliphatic rings. The van der Waals surface area contributed by atoms with Gasteiger partial charge < -0.3 is 15.8 Å². The summed E-state index contributed by atoms with van der Waals surface area (Å²) < 4.78 is 60.2. The number of rotatable bonds is 4. The van der Waals surface area contributed by atoms with Crippen molar-refractivity contribution in [1.82, 2.24) is 4.98 Å². The zero-order valence-electron chi connectivity index (χ0n) is 16.0. The van der Waals surface area contributed by atoms with E-state index < -0.39 is 35.8 Å². The van der Waals surface area contributed by atoms with Gasteiger partial charge in [0, 0.05) is 34.7 Å². The maximum atomic E-state index is 14.9. The Morgan fingerprint density at radius 2 is 2.13 bits per heavy atom. The van der Waals surface area contributed by atoms with Gasteiger partial charge in [-0.25, -0.2) is 22.6 Å². The lowest BCUT2D eigenvalue weighted by Crippen LogP contribution is -2.53. The number of anilines is 1. The van der Waals surface area contributed by atoms with Gasteiger partial charge in [0.05, 0.1) is 13.2 Å². The van der Waals surface area contributed by atoms with Gasteiger partial charge in [-0.15, -0.1) is 0 Å². The number of carbonyl (C=O) groups is 1. The van der Waals surface area contributed by atoms with Gasteiger partial charge in [-0.1, -0.05) is 11.8 Å². The van der Waals surface area contributed by atoms with Crippen LogP contribution in [-0.2, 0) is 10.3 Å². The number of nitrogens with two attached hydrogens (primary N) is 1. The van der Waals surface area contributed by atoms with Crippen molar-refractivity contribution in [2.45, 2.75) is 18.1 Å². The van der Waals surface area contributed by atoms with Gasteiger partial charge in [0.25, 0.3) is 12.3 Å². The molecule has 2 aliphatic heterocycles. The Balaban J connectivity index is 1.65. The molecule has 0 aliphatic carbocycles. The molecule has 0 radical (unpaired) electrons. The van der Waals surface area contributed by atoms with Crippen LogP contribution in [0.2, 0.25) is 0 Å². The molecule has 0 spiro atoms. The van der Waals surface area contributed by atoms with Gasteiger partial charge in [0.1, 0.15) is 23.2 Å². The van der Waals surface area contributed by atoms with Crippen LogP contribution in [0.5, 0.6) is 0 Å². The Morgan fingerprint density at radius 1 is 1.32 bits per heavy atom. The minimum absolute atomic E-state index is 0.0513. The van der Waals surface area contributed by atoms with Crippen LogP contribution in [0.4, 0.5) is 23.2 Å². The van der Waals surface area contributed by atoms with Gasteiger partial charge in [0.2, 0.25) is 0 Å². The van der Waals surface area contributed by atoms with Crippen LogP contribution in [-0.4, -0.2) is 41.2 Å². The molecule has 0 bridgehead atoms. The lowest BCUT2D eigenvalue weighted by molar-refractivity contribution is -0.0526. The third-order valence-corrected chi connectivity index (χ3v) is 6.24. The van der Waals surface area contributed by atoms with E-state index in [0.717, 1.165) is 18.3 Å². The SMILES string of the molecule is NC1=N[C@@]2(c3cc(NC(=O)c4ccc(C(F)F)cn4)ccc3F)COC[C@@H](F)[C@H]2CS1. The molecule has 1 aromatic heterocycles. The second kappa shape index (κ2) is 8.46. The highest BCUT2D eigenvalue weighted by Gasteiger charge is 2.51. The number of thioether (sulfide) groups is 1. The number of amides is 1. The van der Waals surface area contributed by atoms with Crippen LogP contribution < -0.4 is 11.1 Å². The molecule has 3 heterocycles. The molecule has 0 saturated carbocycles. The van der Waals surface area contributed by atoms with Crippen molar-refractivity contribution < 1.29 is 27.1 Å². The summed E-state index contributed by atoms with van der Waals surface area (Å²) in [6.45, 7) is -0.162. The molecule has 31 heavy (non-hydrogen) atoms. The summed E-state index contributed by atoms with van der Waals surface area (Å²) in [7, 11) is 0. The quantitative estimate of drug-likeness (QED) is 0.689. The number of ether oxygens (including phenoxy) is 1. The van der Waals surface area contributed by atoms with Crippen molar-refractivity contribution in [3.8, 4) is 0 Å². The smallest absolute Gasteiger partial charge is 0.274 e. The van der Waals surface area contributed by atoms with E-state index in [1.54, 1.807) is 0 Å². The third-order valence-electron chi connectivity index (χ3n) is 5.33. The molecule has 164 valence electrons. The maximum absolute atomic E-state index is 14.9. The highest BCUT2D eigenvalue weighted by molar-refractivity contribution is 8.13. The number of alkyl halides is 3. The minimum atomic E-state index is -2.70. The molecule has 0 unspecified atom stereocenters. The maximum Gasteiger partial charge on any atom is 0.274 e. The summed E-state index contributed by atoms with van der Waals surface area (Å²) >= 11 is 1.20. The predicted octanol–water partition coefficient (Wildman–Crippen LogP) is 3.65. The number of fused-ring (bicyclic) bond motifs is 1. The average Bonchev–Trinajstić information content (AvgIpc) is 2.75. The molecule has 1 saturated heterocycles. The number of pyridine rings is 1. The monoisotopic (exact) mass is 454 g/mol. The summed E-state index contributed by atoms with van der Waals surface area (Å²) in [5.41, 5.74) is 4.38. The van der Waals surface area contributed by atoms with Crippen molar-refractivity contribution in [3.05, 3.63) is 59.2 Å². The molecule has 4 rings (SSSR count). The van der Waals surface area contributed by atoms with E-state index in [0.29, 0.717) is 5.75 Å². The van der Waals surface area contributed by atoms with Gasteiger partial charge in [-0.3, -0.25) is 9.78 Å². The fraction of sp³-hybridized carbons (Fsp3) is 0.350. The van der Waals surface area contributed by atoms with E-state index >= 15 is 0 Å². The number of halogens is 4. The molecular formula is C20H18F4N4O2S. The van der Waals surface area contributed by atoms with E-state index in [-0.39, 0.29) is 40.9 Å². The molecule has 3 atom stereocenters. The number of aromatic nitrogens is 1. The number of nitrogens with one attached hydrogen (secondary N) is 1. The van der Waals surface area contributed by atoms with Crippen molar-refractivity contribution >= 4 is 28.5 Å². The van der Waals surface area contributed by atoms with Crippen LogP contribution >= 0.6 is 11.8 Å². The average molecular weight is 454 g/mol. The fourth-order valence-corrected chi connectivity index (χ4v) is 4.81. The van der Waals surface area contributed by atoms with Crippen LogP contribution in [0, 0.1) is 11.7 Å². The summed E-state index contributed by atoms with van der Waals surface area (Å²) in [4.78, 5) is 20.6. The van der Waals surface area contributed by atoms with Gasteiger partial charge in [0.15, 0.2) is 5.17 Å². The molecule has 1 amide bonds. The van der Waals surface area contributed by atoms with E-state index in [4.69, 9.17) is 10.5 Å². The Labute approximate surface area is 179 Å². The lowest BCUT2D eigenvalue weighted by atomic mass is 9.75. The Kier molecular flexibility index (Phi) is 5.89. The highest BCUT2D eigenvalue weighted by Crippen LogP contribution is 2.46. The number of amidine groups is 1. The molecule has 2 aromatic rings. The second-order valence-corrected chi connectivity index (χ2v) is 8.29. The third kappa shape index (κ3) is 4.11. The van der Waals surface area contributed by atoms with Gasteiger partial charge >= 0.3 is 0 Å². The lowest BCUT2D eigenvalue weighted by Gasteiger charge is -2.45. The minimum Gasteiger partial charge on any atom is -0.379 e. The molecule has 11 heteroatoms. The summed E-state index contributed by atoms with van der Waals surface area (Å²) in [5, 5.41) is 2.75. The first-order chi connectivity index (χ1) is 14.8. The number of hydrogen-bond donors (Lipinski definition) is 2. The highest BCUT2D eigenvalue weighted by atomic mass is 32.2. The number of aliphatic imine (C=N–C) groups is 1. The summed E-state index contributed by atoms with van der Waals surface area (Å²) in [5.74, 6) is -1.64. The first-order valence-corrected chi connectivity index (χ1v) is 10.3. The first-order valence-electron chi connectivity index (χ1n) is 9.35. The van der Waals surface area contributed by atoms with E-state index in [9.17, 15) is 22.4 Å². The van der Waals surface area contributed by atoms with Crippen LogP contribution in [0.25, 0.3) is 0 Å². The molecular weight excluding hydrogens is 436 g/mol. The van der Waals surface area contributed by atoms with Crippen molar-refractivity contribution in [3.63, 3.8) is 0 Å². The van der Waals surface area contributed by atoms with Crippen LogP contribution in [0.3, 0.4) is 0 Å². The second-order valence-electron chi connectivity index (χ2n) is 7.25. The zero-order valence-corrected chi connectivity index (χ0v) is 16.8. The van der Waals surface area contributed by atoms with Crippen molar-refractivity contribution in [2.24, 2.45) is 16.6 Å². The fourth-order valence-electron chi connectivity index (χ4n) is 3.75. The summed E-state index contributed by atoms with van der Waals surface area (Å²) in [6, 6.07) is 6.10. The summed E-state index contributed by atoms with van der Waals surface area (Å²) in [6.07, 6.45) is -3.14. The van der Waals surface area contributed by atoms with Gasteiger partial charge in [-0.2, -0.15) is 0 Å². The largest absolute Gasteiger partial charge is 0.379 e. The van der Waals surface area contributed by atoms with E-state index in [1.807, 2.05) is 0 Å². The first kappa shape index (κ1) is 21.6. The van der Waals surface area contributed by atoms with Crippen molar-refractivity contribution in [1.29, 1.82) is 0 Å². The number of carbonyl (C=O) groups excluding carboxylic acids is 1. The Morgan fingerprint density at radius 3 is 2.84 bits per heavy atom. The normalized spacial score (nSPS) is 25.6. The van der Waals surface area contributed by atoms with Crippen LogP contribution in [0.15, 0.2) is 41.5 Å². The molecule has 6 nitrogen and oxygen atoms in total. The topological polar surface area (TPSA) is 89.6 Å². The van der Waals surface area contributed by atoms with Gasteiger partial charge in [-0.05, 0) is 30.3 Å². The Bertz CT molecular complexity index is 1020. The van der Waals surface area contributed by atoms with E-state index in [2.05, 4.69) is 15.3 Å². The number of nitrogens with zero attached hydrogens (tertiary/aromatic N) is 2.